The minimum atomic E-state index is 0.0523. The summed E-state index contributed by atoms with van der Waals surface area (Å²) in [5, 5.41) is 5.17. The summed E-state index contributed by atoms with van der Waals surface area (Å²) >= 11 is 1.48. The van der Waals surface area contributed by atoms with Crippen molar-refractivity contribution >= 4 is 27.3 Å². The smallest absolute Gasteiger partial charge is 0.241 e. The largest absolute Gasteiger partial charge is 0.347 e. The summed E-state index contributed by atoms with van der Waals surface area (Å²) in [6.45, 7) is 2.25. The van der Waals surface area contributed by atoms with Crippen molar-refractivity contribution in [2.45, 2.75) is 6.92 Å². The summed E-state index contributed by atoms with van der Waals surface area (Å²) in [5.41, 5.74) is 0.947. The number of hydrogen-bond donors (Lipinski definition) is 0. The molecule has 0 bridgehead atoms. The van der Waals surface area contributed by atoms with Gasteiger partial charge in [0.25, 0.3) is 0 Å². The van der Waals surface area contributed by atoms with Crippen LogP contribution in [0.25, 0.3) is 4.96 Å². The maximum Gasteiger partial charge on any atom is 0.241 e. The van der Waals surface area contributed by atoms with Gasteiger partial charge in [0.1, 0.15) is 0 Å². The van der Waals surface area contributed by atoms with Gasteiger partial charge in [-0.1, -0.05) is 11.3 Å². The maximum atomic E-state index is 11.6. The second kappa shape index (κ2) is 4.33. The Morgan fingerprint density at radius 2 is 2.18 bits per heavy atom. The standard InChI is InChI=1S/C10H15N5OS/c1-7-5-15-9(11-7)17-10(12-15)14(4)6-8(16)13(2)3/h5H,6H2,1-4H3. The fourth-order valence-corrected chi connectivity index (χ4v) is 2.25. The van der Waals surface area contributed by atoms with E-state index in [-0.39, 0.29) is 5.91 Å². The van der Waals surface area contributed by atoms with Gasteiger partial charge in [-0.15, -0.1) is 5.10 Å². The summed E-state index contributed by atoms with van der Waals surface area (Å²) in [4.78, 5) is 20.1. The predicted octanol–water partition coefficient (Wildman–Crippen LogP) is 0.624. The number of amides is 1. The number of hydrogen-bond acceptors (Lipinski definition) is 5. The van der Waals surface area contributed by atoms with E-state index in [1.54, 1.807) is 23.5 Å². The minimum Gasteiger partial charge on any atom is -0.347 e. The van der Waals surface area contributed by atoms with Crippen LogP contribution in [0.3, 0.4) is 0 Å². The maximum absolute atomic E-state index is 11.6. The first-order chi connectivity index (χ1) is 7.97. The lowest BCUT2D eigenvalue weighted by atomic mass is 10.5. The predicted molar refractivity (Wildman–Crippen MR) is 67.6 cm³/mol. The monoisotopic (exact) mass is 253 g/mol. The van der Waals surface area contributed by atoms with Crippen LogP contribution in [0.5, 0.6) is 0 Å². The number of nitrogens with zero attached hydrogens (tertiary/aromatic N) is 5. The summed E-state index contributed by atoms with van der Waals surface area (Å²) in [6, 6.07) is 0. The van der Waals surface area contributed by atoms with Crippen molar-refractivity contribution in [3.05, 3.63) is 11.9 Å². The average molecular weight is 253 g/mol. The highest BCUT2D eigenvalue weighted by atomic mass is 32.1. The number of carbonyl (C=O) groups excluding carboxylic acids is 1. The number of likely N-dealkylation sites (N-methyl/N-ethyl adjacent to an activating group) is 2. The molecule has 0 spiro atoms. The average Bonchev–Trinajstić information content (AvgIpc) is 2.73. The van der Waals surface area contributed by atoms with E-state index in [2.05, 4.69) is 10.1 Å². The Kier molecular flexibility index (Phi) is 3.01. The zero-order chi connectivity index (χ0) is 12.6. The van der Waals surface area contributed by atoms with Gasteiger partial charge >= 0.3 is 0 Å². The first kappa shape index (κ1) is 11.8. The number of anilines is 1. The Labute approximate surface area is 103 Å². The van der Waals surface area contributed by atoms with Crippen molar-refractivity contribution in [1.82, 2.24) is 19.5 Å². The zero-order valence-electron chi connectivity index (χ0n) is 10.3. The molecule has 2 aromatic heterocycles. The van der Waals surface area contributed by atoms with Crippen molar-refractivity contribution < 1.29 is 4.79 Å². The molecule has 0 aromatic carbocycles. The van der Waals surface area contributed by atoms with E-state index in [1.165, 1.54) is 11.3 Å². The number of aromatic nitrogens is 3. The third-order valence-corrected chi connectivity index (χ3v) is 3.39. The third kappa shape index (κ3) is 2.38. The molecule has 0 atom stereocenters. The highest BCUT2D eigenvalue weighted by Crippen LogP contribution is 2.21. The van der Waals surface area contributed by atoms with Crippen LogP contribution < -0.4 is 4.90 Å². The lowest BCUT2D eigenvalue weighted by Crippen LogP contribution is -2.34. The fraction of sp³-hybridized carbons (Fsp3) is 0.500. The van der Waals surface area contributed by atoms with Gasteiger partial charge in [-0.2, -0.15) is 0 Å². The Balaban J connectivity index is 2.16. The van der Waals surface area contributed by atoms with E-state index in [0.29, 0.717) is 6.54 Å². The van der Waals surface area contributed by atoms with E-state index in [4.69, 9.17) is 0 Å². The third-order valence-electron chi connectivity index (χ3n) is 2.35. The van der Waals surface area contributed by atoms with Gasteiger partial charge in [0.2, 0.25) is 16.0 Å². The Morgan fingerprint density at radius 3 is 2.76 bits per heavy atom. The summed E-state index contributed by atoms with van der Waals surface area (Å²) in [5.74, 6) is 0.0523. The van der Waals surface area contributed by atoms with Crippen LogP contribution in [0.4, 0.5) is 5.13 Å². The normalized spacial score (nSPS) is 10.8. The van der Waals surface area contributed by atoms with E-state index in [1.807, 2.05) is 25.1 Å². The van der Waals surface area contributed by atoms with Gasteiger partial charge in [0.15, 0.2) is 0 Å². The Bertz CT molecular complexity index is 512. The number of carbonyl (C=O) groups is 1. The Morgan fingerprint density at radius 1 is 1.47 bits per heavy atom. The zero-order valence-corrected chi connectivity index (χ0v) is 11.2. The lowest BCUT2D eigenvalue weighted by Gasteiger charge is -2.17. The molecule has 2 heterocycles. The molecule has 1 amide bonds. The van der Waals surface area contributed by atoms with Crippen LogP contribution >= 0.6 is 11.3 Å². The van der Waals surface area contributed by atoms with Crippen LogP contribution in [0.2, 0.25) is 0 Å². The van der Waals surface area contributed by atoms with E-state index < -0.39 is 0 Å². The lowest BCUT2D eigenvalue weighted by molar-refractivity contribution is -0.127. The molecule has 0 aliphatic carbocycles. The SMILES string of the molecule is Cc1cn2nc(N(C)CC(=O)N(C)C)sc2n1. The molecular formula is C10H15N5OS. The molecule has 0 unspecified atom stereocenters. The van der Waals surface area contributed by atoms with E-state index in [0.717, 1.165) is 15.8 Å². The second-order valence-corrected chi connectivity index (χ2v) is 5.07. The number of fused-ring (bicyclic) bond motifs is 1. The fourth-order valence-electron chi connectivity index (χ4n) is 1.36. The van der Waals surface area contributed by atoms with Crippen molar-refractivity contribution in [3.8, 4) is 0 Å². The molecule has 2 rings (SSSR count). The van der Waals surface area contributed by atoms with Crippen molar-refractivity contribution in [3.63, 3.8) is 0 Å². The molecule has 0 saturated carbocycles. The molecule has 2 aromatic rings. The van der Waals surface area contributed by atoms with Crippen LogP contribution in [0.1, 0.15) is 5.69 Å². The summed E-state index contributed by atoms with van der Waals surface area (Å²) < 4.78 is 1.74. The second-order valence-electron chi connectivity index (χ2n) is 4.14. The van der Waals surface area contributed by atoms with Crippen LogP contribution in [-0.4, -0.2) is 53.1 Å². The van der Waals surface area contributed by atoms with Crippen LogP contribution in [0, 0.1) is 6.92 Å². The number of imidazole rings is 1. The quantitative estimate of drug-likeness (QED) is 0.805. The van der Waals surface area contributed by atoms with Gasteiger partial charge in [0.05, 0.1) is 18.4 Å². The number of aryl methyl sites for hydroxylation is 1. The van der Waals surface area contributed by atoms with E-state index >= 15 is 0 Å². The van der Waals surface area contributed by atoms with Crippen LogP contribution in [-0.2, 0) is 4.79 Å². The van der Waals surface area contributed by atoms with Gasteiger partial charge in [-0.25, -0.2) is 9.50 Å². The molecule has 0 N–H and O–H groups in total. The van der Waals surface area contributed by atoms with Crippen molar-refractivity contribution in [2.75, 3.05) is 32.6 Å². The topological polar surface area (TPSA) is 53.7 Å². The number of rotatable bonds is 3. The summed E-state index contributed by atoms with van der Waals surface area (Å²) in [6.07, 6.45) is 1.87. The first-order valence-corrected chi connectivity index (χ1v) is 6.03. The van der Waals surface area contributed by atoms with Crippen molar-refractivity contribution in [2.24, 2.45) is 0 Å². The molecule has 7 heteroatoms. The molecule has 92 valence electrons. The van der Waals surface area contributed by atoms with Gasteiger partial charge < -0.3 is 9.80 Å². The Hall–Kier alpha value is -1.63. The van der Waals surface area contributed by atoms with E-state index in [9.17, 15) is 4.79 Å². The van der Waals surface area contributed by atoms with Gasteiger partial charge in [-0.3, -0.25) is 4.79 Å². The first-order valence-electron chi connectivity index (χ1n) is 5.21. The molecular weight excluding hydrogens is 238 g/mol. The minimum absolute atomic E-state index is 0.0523. The van der Waals surface area contributed by atoms with Crippen LogP contribution in [0.15, 0.2) is 6.20 Å². The highest BCUT2D eigenvalue weighted by molar-refractivity contribution is 7.20. The molecule has 0 saturated heterocycles. The molecule has 0 aliphatic heterocycles. The molecule has 6 nitrogen and oxygen atoms in total. The summed E-state index contributed by atoms with van der Waals surface area (Å²) in [7, 11) is 5.34. The molecule has 0 fully saturated rings. The molecule has 0 aliphatic rings. The van der Waals surface area contributed by atoms with Crippen molar-refractivity contribution in [1.29, 1.82) is 0 Å². The van der Waals surface area contributed by atoms with Gasteiger partial charge in [0, 0.05) is 21.1 Å². The van der Waals surface area contributed by atoms with Gasteiger partial charge in [-0.05, 0) is 6.92 Å². The highest BCUT2D eigenvalue weighted by Gasteiger charge is 2.14. The molecule has 17 heavy (non-hydrogen) atoms. The molecule has 0 radical (unpaired) electrons.